The monoisotopic (exact) mass is 269 g/mol. The molecule has 15 heavy (non-hydrogen) atoms. The summed E-state index contributed by atoms with van der Waals surface area (Å²) in [5.74, 6) is -0.305. The van der Waals surface area contributed by atoms with Crippen molar-refractivity contribution in [3.63, 3.8) is 0 Å². The summed E-state index contributed by atoms with van der Waals surface area (Å²) in [5, 5.41) is 0. The van der Waals surface area contributed by atoms with Crippen LogP contribution >= 0.6 is 15.9 Å². The van der Waals surface area contributed by atoms with Crippen molar-refractivity contribution in [2.24, 2.45) is 4.99 Å². The predicted octanol–water partition coefficient (Wildman–Crippen LogP) is 3.30. The lowest BCUT2D eigenvalue weighted by molar-refractivity contribution is 0.254. The Morgan fingerprint density at radius 3 is 2.73 bits per heavy atom. The molecule has 2 nitrogen and oxygen atoms in total. The number of hydrogen-bond acceptors (Lipinski definition) is 2. The van der Waals surface area contributed by atoms with Crippen molar-refractivity contribution < 1.29 is 9.18 Å². The second-order valence-corrected chi connectivity index (χ2v) is 4.57. The van der Waals surface area contributed by atoms with Gasteiger partial charge in [-0.1, -0.05) is 15.9 Å². The zero-order chi connectivity index (χ0) is 10.9. The number of benzene rings is 1. The number of aliphatic imine (C=N–C) groups is 1. The standard InChI is InChI=1S/C11H9BrFNO/c12-10-3-2-8(13)6-9(10)11(14-7-15)4-1-5-11/h2-3,6H,1,4-5H2. The first-order valence-corrected chi connectivity index (χ1v) is 5.52. The second kappa shape index (κ2) is 3.87. The predicted molar refractivity (Wildman–Crippen MR) is 57.8 cm³/mol. The maximum Gasteiger partial charge on any atom is 0.235 e. The number of isocyanates is 1. The quantitative estimate of drug-likeness (QED) is 0.598. The average molecular weight is 270 g/mol. The van der Waals surface area contributed by atoms with Crippen molar-refractivity contribution >= 4 is 22.0 Å². The van der Waals surface area contributed by atoms with Crippen LogP contribution in [0.4, 0.5) is 4.39 Å². The molecule has 0 bridgehead atoms. The normalized spacial score (nSPS) is 17.7. The molecule has 1 fully saturated rings. The highest BCUT2D eigenvalue weighted by Gasteiger charge is 2.40. The molecule has 1 aliphatic carbocycles. The van der Waals surface area contributed by atoms with E-state index in [1.165, 1.54) is 12.1 Å². The van der Waals surface area contributed by atoms with Crippen molar-refractivity contribution in [2.45, 2.75) is 24.8 Å². The number of carbonyl (C=O) groups excluding carboxylic acids is 1. The lowest BCUT2D eigenvalue weighted by Gasteiger charge is -2.37. The Bertz CT molecular complexity index is 436. The van der Waals surface area contributed by atoms with Gasteiger partial charge in [0.05, 0.1) is 5.54 Å². The molecule has 0 radical (unpaired) electrons. The molecule has 0 amide bonds. The zero-order valence-electron chi connectivity index (χ0n) is 7.96. The van der Waals surface area contributed by atoms with Gasteiger partial charge in [-0.25, -0.2) is 9.18 Å². The van der Waals surface area contributed by atoms with E-state index in [1.807, 2.05) is 0 Å². The van der Waals surface area contributed by atoms with E-state index >= 15 is 0 Å². The summed E-state index contributed by atoms with van der Waals surface area (Å²) in [6.07, 6.45) is 4.16. The fourth-order valence-corrected chi connectivity index (χ4v) is 2.51. The van der Waals surface area contributed by atoms with Gasteiger partial charge in [0.15, 0.2) is 0 Å². The summed E-state index contributed by atoms with van der Waals surface area (Å²) in [4.78, 5) is 14.2. The highest BCUT2D eigenvalue weighted by molar-refractivity contribution is 9.10. The number of nitrogens with zero attached hydrogens (tertiary/aromatic N) is 1. The van der Waals surface area contributed by atoms with Gasteiger partial charge in [-0.15, -0.1) is 0 Å². The largest absolute Gasteiger partial charge is 0.235 e. The van der Waals surface area contributed by atoms with E-state index in [9.17, 15) is 9.18 Å². The molecule has 0 spiro atoms. The van der Waals surface area contributed by atoms with Gasteiger partial charge in [-0.3, -0.25) is 0 Å². The zero-order valence-corrected chi connectivity index (χ0v) is 9.55. The summed E-state index contributed by atoms with van der Waals surface area (Å²) in [6, 6.07) is 4.46. The van der Waals surface area contributed by atoms with Crippen LogP contribution in [0.1, 0.15) is 24.8 Å². The Morgan fingerprint density at radius 2 is 2.20 bits per heavy atom. The van der Waals surface area contributed by atoms with Crippen molar-refractivity contribution in [3.8, 4) is 0 Å². The second-order valence-electron chi connectivity index (χ2n) is 3.71. The van der Waals surface area contributed by atoms with E-state index in [1.54, 1.807) is 12.1 Å². The fourth-order valence-electron chi connectivity index (χ4n) is 1.89. The minimum atomic E-state index is -0.539. The van der Waals surface area contributed by atoms with Crippen molar-refractivity contribution in [1.82, 2.24) is 0 Å². The minimum absolute atomic E-state index is 0.305. The van der Waals surface area contributed by atoms with E-state index in [0.717, 1.165) is 29.3 Å². The van der Waals surface area contributed by atoms with E-state index in [0.29, 0.717) is 0 Å². The molecule has 78 valence electrons. The van der Waals surface area contributed by atoms with Crippen LogP contribution in [0, 0.1) is 5.82 Å². The van der Waals surface area contributed by atoms with E-state index in [2.05, 4.69) is 20.9 Å². The van der Waals surface area contributed by atoms with Crippen LogP contribution in [0.5, 0.6) is 0 Å². The van der Waals surface area contributed by atoms with Crippen LogP contribution < -0.4 is 0 Å². The lowest BCUT2D eigenvalue weighted by atomic mass is 9.72. The average Bonchev–Trinajstić information content (AvgIpc) is 2.16. The highest BCUT2D eigenvalue weighted by atomic mass is 79.9. The molecule has 0 heterocycles. The molecule has 1 saturated carbocycles. The molecule has 0 atom stereocenters. The molecular formula is C11H9BrFNO. The SMILES string of the molecule is O=C=NC1(c2cc(F)ccc2Br)CCC1. The van der Waals surface area contributed by atoms with Gasteiger partial charge in [0.1, 0.15) is 5.82 Å². The topological polar surface area (TPSA) is 29.4 Å². The third kappa shape index (κ3) is 1.75. The number of halogens is 2. The molecule has 0 saturated heterocycles. The lowest BCUT2D eigenvalue weighted by Crippen LogP contribution is -2.32. The molecule has 0 aromatic heterocycles. The first-order chi connectivity index (χ1) is 7.18. The van der Waals surface area contributed by atoms with E-state index < -0.39 is 5.54 Å². The first-order valence-electron chi connectivity index (χ1n) is 4.72. The Hall–Kier alpha value is -0.990. The maximum absolute atomic E-state index is 13.1. The molecule has 1 aliphatic rings. The van der Waals surface area contributed by atoms with Crippen molar-refractivity contribution in [3.05, 3.63) is 34.1 Å². The molecule has 0 unspecified atom stereocenters. The fraction of sp³-hybridized carbons (Fsp3) is 0.364. The van der Waals surface area contributed by atoms with Crippen LogP contribution in [-0.2, 0) is 10.3 Å². The van der Waals surface area contributed by atoms with Gasteiger partial charge in [0, 0.05) is 4.47 Å². The van der Waals surface area contributed by atoms with Gasteiger partial charge < -0.3 is 0 Å². The molecule has 4 heteroatoms. The van der Waals surface area contributed by atoms with Crippen molar-refractivity contribution in [1.29, 1.82) is 0 Å². The molecule has 1 aromatic rings. The number of hydrogen-bond donors (Lipinski definition) is 0. The van der Waals surface area contributed by atoms with Crippen molar-refractivity contribution in [2.75, 3.05) is 0 Å². The Balaban J connectivity index is 2.51. The molecule has 0 aliphatic heterocycles. The van der Waals surface area contributed by atoms with Gasteiger partial charge in [-0.05, 0) is 43.0 Å². The Labute approximate surface area is 95.3 Å². The summed E-state index contributed by atoms with van der Waals surface area (Å²) in [7, 11) is 0. The number of rotatable bonds is 2. The summed E-state index contributed by atoms with van der Waals surface area (Å²) < 4.78 is 13.9. The van der Waals surface area contributed by atoms with Crippen LogP contribution in [0.2, 0.25) is 0 Å². The minimum Gasteiger partial charge on any atom is -0.211 e. The van der Waals surface area contributed by atoms with Crippen LogP contribution in [0.3, 0.4) is 0 Å². The summed E-state index contributed by atoms with van der Waals surface area (Å²) >= 11 is 3.35. The smallest absolute Gasteiger partial charge is 0.211 e. The molecule has 0 N–H and O–H groups in total. The third-order valence-corrected chi connectivity index (χ3v) is 3.56. The Morgan fingerprint density at radius 1 is 1.47 bits per heavy atom. The summed E-state index contributed by atoms with van der Waals surface area (Å²) in [5.41, 5.74) is 0.208. The van der Waals surface area contributed by atoms with Crippen LogP contribution in [0.15, 0.2) is 27.7 Å². The van der Waals surface area contributed by atoms with Gasteiger partial charge in [-0.2, -0.15) is 4.99 Å². The van der Waals surface area contributed by atoms with Gasteiger partial charge >= 0.3 is 0 Å². The van der Waals surface area contributed by atoms with Crippen LogP contribution in [-0.4, -0.2) is 6.08 Å². The van der Waals surface area contributed by atoms with E-state index in [-0.39, 0.29) is 5.82 Å². The molecule has 2 rings (SSSR count). The first kappa shape index (κ1) is 10.5. The maximum atomic E-state index is 13.1. The van der Waals surface area contributed by atoms with Crippen LogP contribution in [0.25, 0.3) is 0 Å². The Kier molecular flexibility index (Phi) is 2.72. The summed E-state index contributed by atoms with van der Waals surface area (Å²) in [6.45, 7) is 0. The van der Waals surface area contributed by atoms with Gasteiger partial charge in [0.25, 0.3) is 0 Å². The van der Waals surface area contributed by atoms with E-state index in [4.69, 9.17) is 0 Å². The third-order valence-electron chi connectivity index (χ3n) is 2.87. The molecular weight excluding hydrogens is 261 g/mol. The van der Waals surface area contributed by atoms with Gasteiger partial charge in [0.2, 0.25) is 6.08 Å². The highest BCUT2D eigenvalue weighted by Crippen LogP contribution is 2.47. The molecule has 1 aromatic carbocycles.